The Bertz CT molecular complexity index is 586. The fraction of sp³-hybridized carbons (Fsp3) is 0.231. The van der Waals surface area contributed by atoms with Gasteiger partial charge in [-0.25, -0.2) is 4.98 Å². The van der Waals surface area contributed by atoms with E-state index in [9.17, 15) is 0 Å². The molecule has 2 rings (SSSR count). The molecule has 1 heterocycles. The SMILES string of the molecule is CCc1cnc(CNc2ccc(C#N)c(Cl)c2)o1. The number of benzene rings is 1. The Morgan fingerprint density at radius 2 is 2.33 bits per heavy atom. The average Bonchev–Trinajstić information content (AvgIpc) is 2.84. The van der Waals surface area contributed by atoms with Crippen LogP contribution < -0.4 is 5.32 Å². The Balaban J connectivity index is 2.02. The van der Waals surface area contributed by atoms with Crippen LogP contribution in [0.4, 0.5) is 5.69 Å². The number of anilines is 1. The molecule has 0 amide bonds. The molecule has 5 heteroatoms. The molecule has 0 saturated carbocycles. The van der Waals surface area contributed by atoms with Crippen molar-refractivity contribution in [2.75, 3.05) is 5.32 Å². The number of aryl methyl sites for hydroxylation is 1. The van der Waals surface area contributed by atoms with Crippen LogP contribution in [-0.2, 0) is 13.0 Å². The van der Waals surface area contributed by atoms with E-state index in [0.29, 0.717) is 23.0 Å². The van der Waals surface area contributed by atoms with Gasteiger partial charge in [-0.05, 0) is 18.2 Å². The van der Waals surface area contributed by atoms with Crippen molar-refractivity contribution in [2.45, 2.75) is 19.9 Å². The third-order valence-corrected chi connectivity index (χ3v) is 2.80. The van der Waals surface area contributed by atoms with Crippen LogP contribution in [0.1, 0.15) is 24.1 Å². The second kappa shape index (κ2) is 5.56. The van der Waals surface area contributed by atoms with Gasteiger partial charge in [0, 0.05) is 12.1 Å². The van der Waals surface area contributed by atoms with Crippen LogP contribution in [0.3, 0.4) is 0 Å². The number of rotatable bonds is 4. The van der Waals surface area contributed by atoms with Crippen LogP contribution in [0.2, 0.25) is 5.02 Å². The number of halogens is 1. The summed E-state index contributed by atoms with van der Waals surface area (Å²) in [6.07, 6.45) is 2.55. The van der Waals surface area contributed by atoms with E-state index in [-0.39, 0.29) is 0 Å². The zero-order valence-corrected chi connectivity index (χ0v) is 10.7. The van der Waals surface area contributed by atoms with E-state index in [1.54, 1.807) is 24.4 Å². The van der Waals surface area contributed by atoms with Crippen molar-refractivity contribution >= 4 is 17.3 Å². The minimum atomic E-state index is 0.434. The van der Waals surface area contributed by atoms with Gasteiger partial charge in [-0.15, -0.1) is 0 Å². The fourth-order valence-corrected chi connectivity index (χ4v) is 1.71. The molecule has 0 aliphatic carbocycles. The van der Waals surface area contributed by atoms with E-state index < -0.39 is 0 Å². The molecule has 18 heavy (non-hydrogen) atoms. The highest BCUT2D eigenvalue weighted by Gasteiger charge is 2.04. The zero-order chi connectivity index (χ0) is 13.0. The number of hydrogen-bond acceptors (Lipinski definition) is 4. The van der Waals surface area contributed by atoms with Crippen LogP contribution in [0.5, 0.6) is 0 Å². The highest BCUT2D eigenvalue weighted by Crippen LogP contribution is 2.20. The molecule has 4 nitrogen and oxygen atoms in total. The Labute approximate surface area is 110 Å². The Morgan fingerprint density at radius 3 is 2.94 bits per heavy atom. The number of oxazole rings is 1. The van der Waals surface area contributed by atoms with Crippen molar-refractivity contribution < 1.29 is 4.42 Å². The topological polar surface area (TPSA) is 61.9 Å². The van der Waals surface area contributed by atoms with Gasteiger partial charge in [0.2, 0.25) is 5.89 Å². The first-order valence-electron chi connectivity index (χ1n) is 5.60. The first-order valence-corrected chi connectivity index (χ1v) is 5.98. The monoisotopic (exact) mass is 261 g/mol. The summed E-state index contributed by atoms with van der Waals surface area (Å²) in [5.41, 5.74) is 1.29. The number of nitriles is 1. The van der Waals surface area contributed by atoms with Crippen molar-refractivity contribution in [1.82, 2.24) is 4.98 Å². The quantitative estimate of drug-likeness (QED) is 0.917. The van der Waals surface area contributed by atoms with E-state index in [0.717, 1.165) is 17.9 Å². The lowest BCUT2D eigenvalue weighted by Gasteiger charge is -2.04. The first kappa shape index (κ1) is 12.5. The smallest absolute Gasteiger partial charge is 0.213 e. The Hall–Kier alpha value is -1.99. The summed E-state index contributed by atoms with van der Waals surface area (Å²) in [6.45, 7) is 2.50. The van der Waals surface area contributed by atoms with Crippen molar-refractivity contribution in [3.8, 4) is 6.07 Å². The molecule has 92 valence electrons. The molecule has 0 radical (unpaired) electrons. The molecule has 0 atom stereocenters. The molecular weight excluding hydrogens is 250 g/mol. The molecule has 2 aromatic rings. The summed E-state index contributed by atoms with van der Waals surface area (Å²) in [5, 5.41) is 12.3. The van der Waals surface area contributed by atoms with Gasteiger partial charge in [0.05, 0.1) is 23.3 Å². The normalized spacial score (nSPS) is 10.1. The van der Waals surface area contributed by atoms with Gasteiger partial charge in [0.15, 0.2) is 0 Å². The van der Waals surface area contributed by atoms with Gasteiger partial charge < -0.3 is 9.73 Å². The Morgan fingerprint density at radius 1 is 1.50 bits per heavy atom. The van der Waals surface area contributed by atoms with E-state index in [4.69, 9.17) is 21.3 Å². The van der Waals surface area contributed by atoms with Crippen LogP contribution >= 0.6 is 11.6 Å². The predicted molar refractivity (Wildman–Crippen MR) is 69.4 cm³/mol. The highest BCUT2D eigenvalue weighted by molar-refractivity contribution is 6.32. The molecule has 1 aromatic carbocycles. The van der Waals surface area contributed by atoms with Crippen molar-refractivity contribution in [3.05, 3.63) is 46.6 Å². The van der Waals surface area contributed by atoms with Crippen molar-refractivity contribution in [3.63, 3.8) is 0 Å². The summed E-state index contributed by atoms with van der Waals surface area (Å²) in [4.78, 5) is 4.14. The molecule has 0 saturated heterocycles. The summed E-state index contributed by atoms with van der Waals surface area (Å²) in [5.74, 6) is 1.50. The molecule has 0 aliphatic rings. The lowest BCUT2D eigenvalue weighted by atomic mass is 10.2. The third kappa shape index (κ3) is 2.82. The second-order valence-corrected chi connectivity index (χ2v) is 4.14. The minimum absolute atomic E-state index is 0.434. The summed E-state index contributed by atoms with van der Waals surface area (Å²) in [7, 11) is 0. The summed E-state index contributed by atoms with van der Waals surface area (Å²) in [6, 6.07) is 7.21. The molecule has 0 fully saturated rings. The van der Waals surface area contributed by atoms with Gasteiger partial charge >= 0.3 is 0 Å². The maximum atomic E-state index is 8.77. The highest BCUT2D eigenvalue weighted by atomic mass is 35.5. The van der Waals surface area contributed by atoms with Crippen LogP contribution in [0.15, 0.2) is 28.8 Å². The van der Waals surface area contributed by atoms with Crippen LogP contribution in [-0.4, -0.2) is 4.98 Å². The third-order valence-electron chi connectivity index (χ3n) is 2.48. The second-order valence-electron chi connectivity index (χ2n) is 3.73. The van der Waals surface area contributed by atoms with Gasteiger partial charge in [-0.1, -0.05) is 18.5 Å². The van der Waals surface area contributed by atoms with E-state index in [1.807, 2.05) is 13.0 Å². The molecule has 0 bridgehead atoms. The molecule has 0 unspecified atom stereocenters. The van der Waals surface area contributed by atoms with Crippen LogP contribution in [0, 0.1) is 11.3 Å². The molecule has 1 N–H and O–H groups in total. The molecule has 1 aromatic heterocycles. The zero-order valence-electron chi connectivity index (χ0n) is 9.90. The number of aromatic nitrogens is 1. The summed E-state index contributed by atoms with van der Waals surface area (Å²) < 4.78 is 5.47. The molecular formula is C13H12ClN3O. The maximum Gasteiger partial charge on any atom is 0.213 e. The van der Waals surface area contributed by atoms with Crippen LogP contribution in [0.25, 0.3) is 0 Å². The molecule has 0 aliphatic heterocycles. The Kier molecular flexibility index (Phi) is 3.85. The first-order chi connectivity index (χ1) is 8.72. The summed E-state index contributed by atoms with van der Waals surface area (Å²) >= 11 is 5.94. The van der Waals surface area contributed by atoms with E-state index in [2.05, 4.69) is 10.3 Å². The largest absolute Gasteiger partial charge is 0.444 e. The van der Waals surface area contributed by atoms with Crippen molar-refractivity contribution in [2.24, 2.45) is 0 Å². The van der Waals surface area contributed by atoms with Gasteiger partial charge in [0.1, 0.15) is 11.8 Å². The lowest BCUT2D eigenvalue weighted by molar-refractivity contribution is 0.466. The molecule has 0 spiro atoms. The van der Waals surface area contributed by atoms with Gasteiger partial charge in [0.25, 0.3) is 0 Å². The minimum Gasteiger partial charge on any atom is -0.444 e. The van der Waals surface area contributed by atoms with Gasteiger partial charge in [-0.2, -0.15) is 5.26 Å². The van der Waals surface area contributed by atoms with E-state index >= 15 is 0 Å². The number of hydrogen-bond donors (Lipinski definition) is 1. The maximum absolute atomic E-state index is 8.77. The van der Waals surface area contributed by atoms with E-state index in [1.165, 1.54) is 0 Å². The standard InChI is InChI=1S/C13H12ClN3O/c1-2-11-7-17-13(18-11)8-16-10-4-3-9(6-15)12(14)5-10/h3-5,7,16H,2,8H2,1H3. The predicted octanol–water partition coefficient (Wildman–Crippen LogP) is 3.37. The number of nitrogens with one attached hydrogen (secondary N) is 1. The lowest BCUT2D eigenvalue weighted by Crippen LogP contribution is -1.99. The average molecular weight is 262 g/mol. The van der Waals surface area contributed by atoms with Gasteiger partial charge in [-0.3, -0.25) is 0 Å². The van der Waals surface area contributed by atoms with Crippen molar-refractivity contribution in [1.29, 1.82) is 5.26 Å². The fourth-order valence-electron chi connectivity index (χ4n) is 1.49. The number of nitrogens with zero attached hydrogens (tertiary/aromatic N) is 2.